The van der Waals surface area contributed by atoms with Gasteiger partial charge in [-0.1, -0.05) is 38.0 Å². The molecule has 1 aromatic heterocycles. The van der Waals surface area contributed by atoms with E-state index in [0.29, 0.717) is 12.2 Å². The number of para-hydroxylation sites is 1. The van der Waals surface area contributed by atoms with Crippen LogP contribution in [0.2, 0.25) is 0 Å². The van der Waals surface area contributed by atoms with E-state index in [2.05, 4.69) is 6.92 Å². The Hall–Kier alpha value is -1.77. The average molecular weight is 246 g/mol. The van der Waals surface area contributed by atoms with Crippen molar-refractivity contribution in [1.29, 1.82) is 0 Å². The number of unbranched alkanes of at least 4 members (excludes halogenated alkanes) is 2. The fourth-order valence-electron chi connectivity index (χ4n) is 1.85. The molecule has 0 fully saturated rings. The van der Waals surface area contributed by atoms with Gasteiger partial charge in [0.25, 0.3) is 0 Å². The lowest BCUT2D eigenvalue weighted by Gasteiger charge is -2.01. The SMILES string of the molecule is CCCCCC(=O)OCc1cc2ccccc2o1. The predicted octanol–water partition coefficient (Wildman–Crippen LogP) is 4.06. The molecule has 3 nitrogen and oxygen atoms in total. The van der Waals surface area contributed by atoms with Crippen molar-refractivity contribution in [2.75, 3.05) is 0 Å². The smallest absolute Gasteiger partial charge is 0.306 e. The van der Waals surface area contributed by atoms with E-state index < -0.39 is 0 Å². The zero-order valence-electron chi connectivity index (χ0n) is 10.6. The van der Waals surface area contributed by atoms with Crippen LogP contribution >= 0.6 is 0 Å². The Balaban J connectivity index is 1.84. The molecule has 0 radical (unpaired) electrons. The van der Waals surface area contributed by atoms with Gasteiger partial charge in [-0.15, -0.1) is 0 Å². The number of carbonyl (C=O) groups excluding carboxylic acids is 1. The Morgan fingerprint density at radius 1 is 1.28 bits per heavy atom. The second-order valence-corrected chi connectivity index (χ2v) is 4.37. The van der Waals surface area contributed by atoms with E-state index in [-0.39, 0.29) is 12.6 Å². The minimum atomic E-state index is -0.149. The zero-order valence-corrected chi connectivity index (χ0v) is 10.6. The molecule has 0 unspecified atom stereocenters. The highest BCUT2D eigenvalue weighted by molar-refractivity contribution is 5.77. The van der Waals surface area contributed by atoms with Crippen molar-refractivity contribution in [3.63, 3.8) is 0 Å². The van der Waals surface area contributed by atoms with Gasteiger partial charge in [-0.05, 0) is 18.6 Å². The predicted molar refractivity (Wildman–Crippen MR) is 70.2 cm³/mol. The van der Waals surface area contributed by atoms with Crippen LogP contribution < -0.4 is 0 Å². The molecule has 0 aliphatic rings. The molecule has 18 heavy (non-hydrogen) atoms. The first-order valence-electron chi connectivity index (χ1n) is 6.42. The topological polar surface area (TPSA) is 39.4 Å². The second kappa shape index (κ2) is 6.24. The van der Waals surface area contributed by atoms with Crippen LogP contribution in [0.25, 0.3) is 11.0 Å². The molecular formula is C15H18O3. The van der Waals surface area contributed by atoms with Crippen LogP contribution in [0, 0.1) is 0 Å². The maximum Gasteiger partial charge on any atom is 0.306 e. The van der Waals surface area contributed by atoms with Gasteiger partial charge in [0.15, 0.2) is 0 Å². The summed E-state index contributed by atoms with van der Waals surface area (Å²) in [6.45, 7) is 2.33. The van der Waals surface area contributed by atoms with Crippen molar-refractivity contribution in [2.45, 2.75) is 39.2 Å². The zero-order chi connectivity index (χ0) is 12.8. The number of hydrogen-bond acceptors (Lipinski definition) is 3. The summed E-state index contributed by atoms with van der Waals surface area (Å²) >= 11 is 0. The number of ether oxygens (including phenoxy) is 1. The minimum absolute atomic E-state index is 0.149. The van der Waals surface area contributed by atoms with Crippen LogP contribution in [-0.4, -0.2) is 5.97 Å². The van der Waals surface area contributed by atoms with E-state index in [1.165, 1.54) is 0 Å². The standard InChI is InChI=1S/C15H18O3/c1-2-3-4-9-15(16)17-11-13-10-12-7-5-6-8-14(12)18-13/h5-8,10H,2-4,9,11H2,1H3. The lowest BCUT2D eigenvalue weighted by atomic mass is 10.2. The number of carbonyl (C=O) groups is 1. The first-order chi connectivity index (χ1) is 8.79. The first kappa shape index (κ1) is 12.7. The normalized spacial score (nSPS) is 10.7. The maximum atomic E-state index is 11.4. The minimum Gasteiger partial charge on any atom is -0.457 e. The number of fused-ring (bicyclic) bond motifs is 1. The molecule has 0 aliphatic carbocycles. The van der Waals surface area contributed by atoms with Gasteiger partial charge in [-0.2, -0.15) is 0 Å². The molecule has 0 atom stereocenters. The summed E-state index contributed by atoms with van der Waals surface area (Å²) in [6, 6.07) is 9.67. The number of hydrogen-bond donors (Lipinski definition) is 0. The highest BCUT2D eigenvalue weighted by Gasteiger charge is 2.06. The Bertz CT molecular complexity index is 480. The van der Waals surface area contributed by atoms with Gasteiger partial charge < -0.3 is 9.15 Å². The number of rotatable bonds is 6. The van der Waals surface area contributed by atoms with Crippen LogP contribution in [0.1, 0.15) is 38.4 Å². The molecule has 3 heteroatoms. The molecule has 0 spiro atoms. The summed E-state index contributed by atoms with van der Waals surface area (Å²) < 4.78 is 10.7. The highest BCUT2D eigenvalue weighted by Crippen LogP contribution is 2.19. The largest absolute Gasteiger partial charge is 0.457 e. The van der Waals surface area contributed by atoms with Crippen molar-refractivity contribution in [2.24, 2.45) is 0 Å². The monoisotopic (exact) mass is 246 g/mol. The molecule has 1 heterocycles. The average Bonchev–Trinajstić information content (AvgIpc) is 2.79. The molecule has 1 aromatic carbocycles. The summed E-state index contributed by atoms with van der Waals surface area (Å²) in [5, 5.41) is 1.04. The van der Waals surface area contributed by atoms with Gasteiger partial charge in [0.2, 0.25) is 0 Å². The third-order valence-corrected chi connectivity index (χ3v) is 2.84. The summed E-state index contributed by atoms with van der Waals surface area (Å²) in [6.07, 6.45) is 3.57. The quantitative estimate of drug-likeness (QED) is 0.570. The van der Waals surface area contributed by atoms with Gasteiger partial charge in [0, 0.05) is 11.8 Å². The first-order valence-corrected chi connectivity index (χ1v) is 6.42. The molecule has 0 amide bonds. The van der Waals surface area contributed by atoms with E-state index in [4.69, 9.17) is 9.15 Å². The van der Waals surface area contributed by atoms with Gasteiger partial charge in [0.1, 0.15) is 18.0 Å². The van der Waals surface area contributed by atoms with Gasteiger partial charge >= 0.3 is 5.97 Å². The molecule has 96 valence electrons. The fourth-order valence-corrected chi connectivity index (χ4v) is 1.85. The van der Waals surface area contributed by atoms with Crippen molar-refractivity contribution in [1.82, 2.24) is 0 Å². The number of furan rings is 1. The Morgan fingerprint density at radius 3 is 2.89 bits per heavy atom. The summed E-state index contributed by atoms with van der Waals surface area (Å²) in [4.78, 5) is 11.4. The van der Waals surface area contributed by atoms with Gasteiger partial charge in [0.05, 0.1) is 0 Å². The van der Waals surface area contributed by atoms with E-state index in [1.807, 2.05) is 30.3 Å². The summed E-state index contributed by atoms with van der Waals surface area (Å²) in [5.74, 6) is 0.545. The van der Waals surface area contributed by atoms with Gasteiger partial charge in [-0.3, -0.25) is 4.79 Å². The van der Waals surface area contributed by atoms with Crippen LogP contribution in [0.3, 0.4) is 0 Å². The van der Waals surface area contributed by atoms with Crippen molar-refractivity contribution < 1.29 is 13.9 Å². The second-order valence-electron chi connectivity index (χ2n) is 4.37. The molecular weight excluding hydrogens is 228 g/mol. The Labute approximate surface area is 107 Å². The van der Waals surface area contributed by atoms with Crippen LogP contribution in [0.15, 0.2) is 34.7 Å². The molecule has 0 saturated heterocycles. The maximum absolute atomic E-state index is 11.4. The van der Waals surface area contributed by atoms with Gasteiger partial charge in [-0.25, -0.2) is 0 Å². The van der Waals surface area contributed by atoms with Crippen LogP contribution in [-0.2, 0) is 16.1 Å². The molecule has 2 rings (SSSR count). The number of benzene rings is 1. The fraction of sp³-hybridized carbons (Fsp3) is 0.400. The van der Waals surface area contributed by atoms with E-state index in [1.54, 1.807) is 0 Å². The molecule has 0 bridgehead atoms. The van der Waals surface area contributed by atoms with Crippen LogP contribution in [0.5, 0.6) is 0 Å². The van der Waals surface area contributed by atoms with Crippen LogP contribution in [0.4, 0.5) is 0 Å². The van der Waals surface area contributed by atoms with Crippen molar-refractivity contribution >= 4 is 16.9 Å². The lowest BCUT2D eigenvalue weighted by Crippen LogP contribution is -2.03. The van der Waals surface area contributed by atoms with E-state index >= 15 is 0 Å². The summed E-state index contributed by atoms with van der Waals surface area (Å²) in [5.41, 5.74) is 0.828. The van der Waals surface area contributed by atoms with E-state index in [9.17, 15) is 4.79 Å². The molecule has 0 N–H and O–H groups in total. The number of esters is 1. The Morgan fingerprint density at radius 2 is 2.11 bits per heavy atom. The van der Waals surface area contributed by atoms with Crippen molar-refractivity contribution in [3.8, 4) is 0 Å². The third kappa shape index (κ3) is 3.36. The third-order valence-electron chi connectivity index (χ3n) is 2.84. The Kier molecular flexibility index (Phi) is 4.40. The molecule has 0 saturated carbocycles. The van der Waals surface area contributed by atoms with E-state index in [0.717, 1.165) is 30.2 Å². The molecule has 2 aromatic rings. The lowest BCUT2D eigenvalue weighted by molar-refractivity contribution is -0.145. The highest BCUT2D eigenvalue weighted by atomic mass is 16.5. The van der Waals surface area contributed by atoms with Crippen molar-refractivity contribution in [3.05, 3.63) is 36.1 Å². The summed E-state index contributed by atoms with van der Waals surface area (Å²) in [7, 11) is 0. The molecule has 0 aliphatic heterocycles.